The van der Waals surface area contributed by atoms with Crippen LogP contribution in [-0.4, -0.2) is 30.6 Å². The Bertz CT molecular complexity index is 520. The Kier molecular flexibility index (Phi) is 6.74. The summed E-state index contributed by atoms with van der Waals surface area (Å²) in [6, 6.07) is 2.05. The van der Waals surface area contributed by atoms with Gasteiger partial charge in [-0.25, -0.2) is 4.39 Å². The smallest absolute Gasteiger partial charge is 0.270 e. The largest absolute Gasteiger partial charge is 0.381 e. The summed E-state index contributed by atoms with van der Waals surface area (Å²) in [6.45, 7) is 4.87. The molecule has 0 fully saturated rings. The Labute approximate surface area is 122 Å². The molecule has 0 aliphatic heterocycles. The lowest BCUT2D eigenvalue weighted by Crippen LogP contribution is -2.26. The molecule has 0 aliphatic rings. The maximum absolute atomic E-state index is 13.9. The van der Waals surface area contributed by atoms with Crippen LogP contribution in [0.15, 0.2) is 12.1 Å². The van der Waals surface area contributed by atoms with Crippen LogP contribution in [0.2, 0.25) is 0 Å². The fourth-order valence-electron chi connectivity index (χ4n) is 1.74. The summed E-state index contributed by atoms with van der Waals surface area (Å²) in [5, 5.41) is 13.3. The number of non-ortho nitro benzene ring substituents is 1. The minimum absolute atomic E-state index is 0.0700. The van der Waals surface area contributed by atoms with Gasteiger partial charge in [0.1, 0.15) is 5.82 Å². The summed E-state index contributed by atoms with van der Waals surface area (Å²) in [6.07, 6.45) is 1.52. The number of rotatable bonds is 8. The molecule has 0 unspecified atom stereocenters. The summed E-state index contributed by atoms with van der Waals surface area (Å²) in [5.74, 6) is -1.39. The molecule has 0 heterocycles. The van der Waals surface area contributed by atoms with Gasteiger partial charge in [0.05, 0.1) is 10.5 Å². The van der Waals surface area contributed by atoms with Crippen molar-refractivity contribution in [2.45, 2.75) is 26.7 Å². The maximum Gasteiger partial charge on any atom is 0.270 e. The van der Waals surface area contributed by atoms with Gasteiger partial charge in [-0.1, -0.05) is 6.92 Å². The molecule has 1 aromatic rings. The fraction of sp³-hybridized carbons (Fsp3) is 0.500. The molecule has 0 spiro atoms. The van der Waals surface area contributed by atoms with Crippen LogP contribution in [0.5, 0.6) is 0 Å². The molecular formula is C14H19FN2O4. The molecule has 116 valence electrons. The molecule has 0 aliphatic carbocycles. The first-order valence-electron chi connectivity index (χ1n) is 6.77. The first kappa shape index (κ1) is 17.0. The van der Waals surface area contributed by atoms with E-state index in [4.69, 9.17) is 4.74 Å². The van der Waals surface area contributed by atoms with Gasteiger partial charge in [0.15, 0.2) is 0 Å². The number of nitro groups is 1. The van der Waals surface area contributed by atoms with E-state index in [1.54, 1.807) is 0 Å². The minimum atomic E-state index is -0.736. The SMILES string of the molecule is CCCOCCCNC(=O)c1cc([N+](=O)[O-])cc(C)c1F. The van der Waals surface area contributed by atoms with Crippen LogP contribution in [0, 0.1) is 22.9 Å². The van der Waals surface area contributed by atoms with Crippen LogP contribution in [-0.2, 0) is 4.74 Å². The molecule has 6 nitrogen and oxygen atoms in total. The zero-order valence-corrected chi connectivity index (χ0v) is 12.1. The quantitative estimate of drug-likeness (QED) is 0.454. The summed E-state index contributed by atoms with van der Waals surface area (Å²) in [7, 11) is 0. The number of ether oxygens (including phenoxy) is 1. The predicted molar refractivity (Wildman–Crippen MR) is 75.9 cm³/mol. The van der Waals surface area contributed by atoms with Crippen molar-refractivity contribution in [2.75, 3.05) is 19.8 Å². The summed E-state index contributed by atoms with van der Waals surface area (Å²) < 4.78 is 19.1. The van der Waals surface area contributed by atoms with Gasteiger partial charge in [-0.3, -0.25) is 14.9 Å². The van der Waals surface area contributed by atoms with E-state index in [9.17, 15) is 19.3 Å². The number of halogens is 1. The molecule has 0 saturated carbocycles. The number of hydrogen-bond donors (Lipinski definition) is 1. The monoisotopic (exact) mass is 298 g/mol. The molecule has 7 heteroatoms. The standard InChI is InChI=1S/C14H19FN2O4/c1-3-6-21-7-4-5-16-14(18)12-9-11(17(19)20)8-10(2)13(12)15/h8-9H,3-7H2,1-2H3,(H,16,18). The van der Waals surface area contributed by atoms with E-state index in [1.165, 1.54) is 6.92 Å². The zero-order valence-electron chi connectivity index (χ0n) is 12.1. The van der Waals surface area contributed by atoms with Crippen LogP contribution in [0.3, 0.4) is 0 Å². The second-order valence-corrected chi connectivity index (χ2v) is 4.60. The number of nitrogens with one attached hydrogen (secondary N) is 1. The van der Waals surface area contributed by atoms with Crippen molar-refractivity contribution in [3.8, 4) is 0 Å². The third kappa shape index (κ3) is 5.11. The minimum Gasteiger partial charge on any atom is -0.381 e. The fourth-order valence-corrected chi connectivity index (χ4v) is 1.74. The second kappa shape index (κ2) is 8.31. The lowest BCUT2D eigenvalue weighted by molar-refractivity contribution is -0.385. The summed E-state index contributed by atoms with van der Waals surface area (Å²) >= 11 is 0. The second-order valence-electron chi connectivity index (χ2n) is 4.60. The highest BCUT2D eigenvalue weighted by Gasteiger charge is 2.19. The van der Waals surface area contributed by atoms with Crippen LogP contribution in [0.25, 0.3) is 0 Å². The van der Waals surface area contributed by atoms with E-state index in [1.807, 2.05) is 6.92 Å². The van der Waals surface area contributed by atoms with Gasteiger partial charge in [0.25, 0.3) is 11.6 Å². The zero-order chi connectivity index (χ0) is 15.8. The van der Waals surface area contributed by atoms with E-state index in [-0.39, 0.29) is 16.8 Å². The molecule has 1 aromatic carbocycles. The van der Waals surface area contributed by atoms with Gasteiger partial charge < -0.3 is 10.1 Å². The highest BCUT2D eigenvalue weighted by molar-refractivity contribution is 5.95. The van der Waals surface area contributed by atoms with Crippen LogP contribution in [0.4, 0.5) is 10.1 Å². The van der Waals surface area contributed by atoms with Crippen LogP contribution >= 0.6 is 0 Å². The molecule has 1 N–H and O–H groups in total. The van der Waals surface area contributed by atoms with Gasteiger partial charge in [-0.15, -0.1) is 0 Å². The average Bonchev–Trinajstić information content (AvgIpc) is 2.44. The Balaban J connectivity index is 2.63. The van der Waals surface area contributed by atoms with E-state index in [0.29, 0.717) is 26.2 Å². The molecule has 0 atom stereocenters. The number of carbonyl (C=O) groups is 1. The molecule has 0 radical (unpaired) electrons. The molecule has 0 bridgehead atoms. The maximum atomic E-state index is 13.9. The highest BCUT2D eigenvalue weighted by atomic mass is 19.1. The predicted octanol–water partition coefficient (Wildman–Crippen LogP) is 2.59. The molecular weight excluding hydrogens is 279 g/mol. The lowest BCUT2D eigenvalue weighted by atomic mass is 10.1. The van der Waals surface area contributed by atoms with Gasteiger partial charge in [0, 0.05) is 31.9 Å². The number of aryl methyl sites for hydroxylation is 1. The Morgan fingerprint density at radius 1 is 1.43 bits per heavy atom. The highest BCUT2D eigenvalue weighted by Crippen LogP contribution is 2.20. The molecule has 1 amide bonds. The number of nitrogens with zero attached hydrogens (tertiary/aromatic N) is 1. The number of hydrogen-bond acceptors (Lipinski definition) is 4. The van der Waals surface area contributed by atoms with Crippen molar-refractivity contribution in [1.82, 2.24) is 5.32 Å². The first-order valence-corrected chi connectivity index (χ1v) is 6.77. The number of carbonyl (C=O) groups excluding carboxylic acids is 1. The van der Waals surface area contributed by atoms with E-state index in [2.05, 4.69) is 5.32 Å². The van der Waals surface area contributed by atoms with Crippen molar-refractivity contribution in [3.05, 3.63) is 39.2 Å². The van der Waals surface area contributed by atoms with Crippen LogP contribution in [0.1, 0.15) is 35.7 Å². The Morgan fingerprint density at radius 2 is 2.14 bits per heavy atom. The van der Waals surface area contributed by atoms with E-state index >= 15 is 0 Å². The van der Waals surface area contributed by atoms with Gasteiger partial charge in [-0.2, -0.15) is 0 Å². The first-order chi connectivity index (χ1) is 9.97. The number of benzene rings is 1. The normalized spacial score (nSPS) is 10.4. The third-order valence-corrected chi connectivity index (χ3v) is 2.79. The van der Waals surface area contributed by atoms with Gasteiger partial charge in [0.2, 0.25) is 0 Å². The van der Waals surface area contributed by atoms with Gasteiger partial charge >= 0.3 is 0 Å². The summed E-state index contributed by atoms with van der Waals surface area (Å²) in [4.78, 5) is 22.0. The topological polar surface area (TPSA) is 81.5 Å². The van der Waals surface area contributed by atoms with Crippen molar-refractivity contribution < 1.29 is 18.8 Å². The van der Waals surface area contributed by atoms with E-state index < -0.39 is 16.6 Å². The Hall–Kier alpha value is -2.02. The third-order valence-electron chi connectivity index (χ3n) is 2.79. The molecule has 1 rings (SSSR count). The van der Waals surface area contributed by atoms with Crippen molar-refractivity contribution in [1.29, 1.82) is 0 Å². The van der Waals surface area contributed by atoms with Crippen molar-refractivity contribution >= 4 is 11.6 Å². The van der Waals surface area contributed by atoms with Gasteiger partial charge in [-0.05, 0) is 25.3 Å². The molecule has 0 aromatic heterocycles. The molecule has 0 saturated heterocycles. The van der Waals surface area contributed by atoms with Crippen molar-refractivity contribution in [2.24, 2.45) is 0 Å². The number of nitro benzene ring substituents is 1. The van der Waals surface area contributed by atoms with E-state index in [0.717, 1.165) is 18.6 Å². The number of amides is 1. The summed E-state index contributed by atoms with van der Waals surface area (Å²) in [5.41, 5.74) is -0.540. The average molecular weight is 298 g/mol. The Morgan fingerprint density at radius 3 is 2.76 bits per heavy atom. The van der Waals surface area contributed by atoms with Crippen LogP contribution < -0.4 is 5.32 Å². The molecule has 21 heavy (non-hydrogen) atoms. The van der Waals surface area contributed by atoms with Crippen molar-refractivity contribution in [3.63, 3.8) is 0 Å². The lowest BCUT2D eigenvalue weighted by Gasteiger charge is -2.08.